The summed E-state index contributed by atoms with van der Waals surface area (Å²) in [6.45, 7) is 1.78. The van der Waals surface area contributed by atoms with Crippen LogP contribution in [0.4, 0.5) is 0 Å². The van der Waals surface area contributed by atoms with Gasteiger partial charge in [-0.3, -0.25) is 4.79 Å². The molecule has 3 unspecified atom stereocenters. The lowest BCUT2D eigenvalue weighted by molar-refractivity contribution is -0.240. The summed E-state index contributed by atoms with van der Waals surface area (Å²) in [4.78, 5) is 24.5. The number of nitrogens with one attached hydrogen (secondary N) is 1. The van der Waals surface area contributed by atoms with E-state index in [2.05, 4.69) is 21.2 Å². The topological polar surface area (TPSA) is 75.6 Å². The molecule has 21 heavy (non-hydrogen) atoms. The first-order valence-corrected chi connectivity index (χ1v) is 8.89. The Morgan fingerprint density at radius 1 is 1.38 bits per heavy atom. The first kappa shape index (κ1) is 15.3. The highest BCUT2D eigenvalue weighted by Crippen LogP contribution is 2.53. The standard InChI is InChI=1S/C15H22BrNO4/c1-14-10(7-8-16)12(19)17-15(14,13(20)21-14)11(18)9-5-3-2-4-6-9/h9-11,18H,2-8H2,1H3,(H,17,19)/t10?,11?,14-,15?/m0/s1. The monoisotopic (exact) mass is 359 g/mol. The molecule has 0 radical (unpaired) electrons. The fourth-order valence-electron chi connectivity index (χ4n) is 4.37. The molecule has 2 aliphatic heterocycles. The molecule has 0 spiro atoms. The van der Waals surface area contributed by atoms with Crippen LogP contribution in [0.3, 0.4) is 0 Å². The maximum atomic E-state index is 12.3. The minimum Gasteiger partial charge on any atom is -0.453 e. The minimum absolute atomic E-state index is 0.0638. The molecule has 2 heterocycles. The fourth-order valence-corrected chi connectivity index (χ4v) is 4.83. The van der Waals surface area contributed by atoms with E-state index < -0.39 is 29.1 Å². The van der Waals surface area contributed by atoms with Gasteiger partial charge in [0.05, 0.1) is 12.0 Å². The van der Waals surface area contributed by atoms with Crippen LogP contribution in [0.2, 0.25) is 0 Å². The first-order valence-electron chi connectivity index (χ1n) is 7.77. The molecule has 2 saturated heterocycles. The Morgan fingerprint density at radius 3 is 2.62 bits per heavy atom. The van der Waals surface area contributed by atoms with Gasteiger partial charge >= 0.3 is 5.97 Å². The van der Waals surface area contributed by atoms with E-state index in [0.717, 1.165) is 25.7 Å². The highest BCUT2D eigenvalue weighted by atomic mass is 79.9. The van der Waals surface area contributed by atoms with E-state index in [-0.39, 0.29) is 11.8 Å². The van der Waals surface area contributed by atoms with Crippen LogP contribution >= 0.6 is 15.9 Å². The number of carbonyl (C=O) groups excluding carboxylic acids is 2. The minimum atomic E-state index is -1.24. The van der Waals surface area contributed by atoms with Crippen molar-refractivity contribution in [3.63, 3.8) is 0 Å². The summed E-state index contributed by atoms with van der Waals surface area (Å²) in [5.74, 6) is -0.993. The van der Waals surface area contributed by atoms with Crippen molar-refractivity contribution in [2.45, 2.75) is 62.7 Å². The molecule has 0 aromatic heterocycles. The van der Waals surface area contributed by atoms with E-state index in [0.29, 0.717) is 11.8 Å². The van der Waals surface area contributed by atoms with Crippen molar-refractivity contribution in [3.8, 4) is 0 Å². The Morgan fingerprint density at radius 2 is 2.05 bits per heavy atom. The second-order valence-corrected chi connectivity index (χ2v) is 7.46. The van der Waals surface area contributed by atoms with Gasteiger partial charge in [0.1, 0.15) is 0 Å². The Bertz CT molecular complexity index is 465. The van der Waals surface area contributed by atoms with Crippen molar-refractivity contribution >= 4 is 27.8 Å². The third-order valence-corrected chi connectivity index (χ3v) is 6.11. The lowest BCUT2D eigenvalue weighted by Gasteiger charge is -2.55. The number of amides is 1. The molecule has 0 aromatic rings. The lowest BCUT2D eigenvalue weighted by Crippen LogP contribution is -2.80. The maximum absolute atomic E-state index is 12.3. The van der Waals surface area contributed by atoms with E-state index in [4.69, 9.17) is 4.74 Å². The largest absolute Gasteiger partial charge is 0.453 e. The summed E-state index contributed by atoms with van der Waals surface area (Å²) < 4.78 is 5.40. The van der Waals surface area contributed by atoms with Crippen LogP contribution in [-0.4, -0.2) is 39.6 Å². The summed E-state index contributed by atoms with van der Waals surface area (Å²) in [7, 11) is 0. The zero-order valence-electron chi connectivity index (χ0n) is 12.2. The van der Waals surface area contributed by atoms with Crippen molar-refractivity contribution in [3.05, 3.63) is 0 Å². The third-order valence-electron chi connectivity index (χ3n) is 5.65. The normalized spacial score (nSPS) is 41.0. The molecular formula is C15H22BrNO4. The summed E-state index contributed by atoms with van der Waals surface area (Å²) in [6, 6.07) is 0. The first-order chi connectivity index (χ1) is 9.97. The van der Waals surface area contributed by atoms with Crippen molar-refractivity contribution in [2.24, 2.45) is 11.8 Å². The molecular weight excluding hydrogens is 338 g/mol. The van der Waals surface area contributed by atoms with Gasteiger partial charge in [-0.15, -0.1) is 0 Å². The number of esters is 1. The zero-order chi connectivity index (χ0) is 15.3. The van der Waals surface area contributed by atoms with Crippen molar-refractivity contribution in [1.29, 1.82) is 0 Å². The summed E-state index contributed by atoms with van der Waals surface area (Å²) in [5.41, 5.74) is -2.16. The number of hydrogen-bond acceptors (Lipinski definition) is 4. The van der Waals surface area contributed by atoms with Crippen LogP contribution in [0.5, 0.6) is 0 Å². The summed E-state index contributed by atoms with van der Waals surface area (Å²) in [6.07, 6.45) is 4.88. The number of alkyl halides is 1. The van der Waals surface area contributed by atoms with Crippen molar-refractivity contribution in [2.75, 3.05) is 5.33 Å². The molecule has 6 heteroatoms. The molecule has 0 aromatic carbocycles. The van der Waals surface area contributed by atoms with Crippen LogP contribution < -0.4 is 5.32 Å². The van der Waals surface area contributed by atoms with Gasteiger partial charge in [0.15, 0.2) is 5.60 Å². The highest BCUT2D eigenvalue weighted by molar-refractivity contribution is 9.09. The molecule has 4 atom stereocenters. The molecule has 1 saturated carbocycles. The van der Waals surface area contributed by atoms with Crippen molar-refractivity contribution < 1.29 is 19.4 Å². The number of halogens is 1. The van der Waals surface area contributed by atoms with Crippen LogP contribution in [-0.2, 0) is 14.3 Å². The average Bonchev–Trinajstić information content (AvgIpc) is 2.65. The number of rotatable bonds is 4. The fraction of sp³-hybridized carbons (Fsp3) is 0.867. The molecule has 5 nitrogen and oxygen atoms in total. The SMILES string of the molecule is C[C@@]12OC(=O)C1(C(O)C1CCCCC1)NC(=O)C2CCBr. The van der Waals surface area contributed by atoms with Crippen LogP contribution in [0.25, 0.3) is 0 Å². The number of carbonyl (C=O) groups is 2. The van der Waals surface area contributed by atoms with Crippen LogP contribution in [0.15, 0.2) is 0 Å². The zero-order valence-corrected chi connectivity index (χ0v) is 13.8. The third kappa shape index (κ3) is 1.91. The number of aliphatic hydroxyl groups excluding tert-OH is 1. The number of fused-ring (bicyclic) bond motifs is 1. The molecule has 2 N–H and O–H groups in total. The van der Waals surface area contributed by atoms with Gasteiger partial charge in [0, 0.05) is 5.33 Å². The Kier molecular flexibility index (Phi) is 3.81. The average molecular weight is 360 g/mol. The van der Waals surface area contributed by atoms with E-state index >= 15 is 0 Å². The van der Waals surface area contributed by atoms with E-state index in [1.807, 2.05) is 0 Å². The summed E-state index contributed by atoms with van der Waals surface area (Å²) >= 11 is 3.35. The van der Waals surface area contributed by atoms with Gasteiger partial charge in [0.25, 0.3) is 0 Å². The maximum Gasteiger partial charge on any atom is 0.339 e. The Balaban J connectivity index is 1.90. The molecule has 3 fully saturated rings. The van der Waals surface area contributed by atoms with Gasteiger partial charge in [-0.1, -0.05) is 35.2 Å². The van der Waals surface area contributed by atoms with Gasteiger partial charge in [-0.2, -0.15) is 0 Å². The summed E-state index contributed by atoms with van der Waals surface area (Å²) in [5, 5.41) is 14.3. The second-order valence-electron chi connectivity index (χ2n) is 6.67. The molecule has 3 rings (SSSR count). The van der Waals surface area contributed by atoms with E-state index in [1.165, 1.54) is 6.42 Å². The van der Waals surface area contributed by atoms with Gasteiger partial charge in [0.2, 0.25) is 11.4 Å². The Hall–Kier alpha value is -0.620. The molecule has 0 bridgehead atoms. The predicted molar refractivity (Wildman–Crippen MR) is 79.9 cm³/mol. The quantitative estimate of drug-likeness (QED) is 0.589. The smallest absolute Gasteiger partial charge is 0.339 e. The van der Waals surface area contributed by atoms with Crippen molar-refractivity contribution in [1.82, 2.24) is 5.32 Å². The molecule has 1 aliphatic carbocycles. The molecule has 3 aliphatic rings. The van der Waals surface area contributed by atoms with Gasteiger partial charge in [-0.05, 0) is 32.1 Å². The number of ether oxygens (including phenoxy) is 1. The number of hydrogen-bond donors (Lipinski definition) is 2. The van der Waals surface area contributed by atoms with Gasteiger partial charge in [-0.25, -0.2) is 4.79 Å². The molecule has 118 valence electrons. The predicted octanol–water partition coefficient (Wildman–Crippen LogP) is 1.51. The van der Waals surface area contributed by atoms with Gasteiger partial charge < -0.3 is 15.2 Å². The second kappa shape index (κ2) is 5.23. The highest BCUT2D eigenvalue weighted by Gasteiger charge is 2.79. The van der Waals surface area contributed by atoms with Crippen LogP contribution in [0.1, 0.15) is 45.4 Å². The van der Waals surface area contributed by atoms with Crippen LogP contribution in [0, 0.1) is 11.8 Å². The van der Waals surface area contributed by atoms with E-state index in [9.17, 15) is 14.7 Å². The number of aliphatic hydroxyl groups is 1. The Labute approximate surface area is 132 Å². The molecule has 1 amide bonds. The van der Waals surface area contributed by atoms with E-state index in [1.54, 1.807) is 6.92 Å². The lowest BCUT2D eigenvalue weighted by atomic mass is 9.64.